The van der Waals surface area contributed by atoms with Crippen LogP contribution in [0.25, 0.3) is 0 Å². The number of nitrogens with two attached hydrogens (primary N) is 1. The first kappa shape index (κ1) is 18.1. The van der Waals surface area contributed by atoms with Gasteiger partial charge in [0.2, 0.25) is 5.91 Å². The van der Waals surface area contributed by atoms with E-state index in [0.717, 1.165) is 24.3 Å². The van der Waals surface area contributed by atoms with E-state index in [2.05, 4.69) is 10.2 Å². The first-order valence-electron chi connectivity index (χ1n) is 8.45. The monoisotopic (exact) mass is 372 g/mol. The minimum atomic E-state index is -0.477. The molecule has 0 atom stereocenters. The van der Waals surface area contributed by atoms with E-state index >= 15 is 0 Å². The summed E-state index contributed by atoms with van der Waals surface area (Å²) in [7, 11) is 0. The van der Waals surface area contributed by atoms with Crippen molar-refractivity contribution in [3.63, 3.8) is 0 Å². The Bertz CT molecular complexity index is 804. The van der Waals surface area contributed by atoms with Crippen LogP contribution in [-0.2, 0) is 6.54 Å². The second-order valence-electron chi connectivity index (χ2n) is 6.18. The fraction of sp³-hybridized carbons (Fsp3) is 0.263. The van der Waals surface area contributed by atoms with Gasteiger partial charge >= 0.3 is 6.03 Å². The number of halogens is 1. The maximum absolute atomic E-state index is 12.4. The topological polar surface area (TPSA) is 78.7 Å². The molecule has 3 rings (SSSR count). The third-order valence-corrected chi connectivity index (χ3v) is 4.63. The highest BCUT2D eigenvalue weighted by Gasteiger charge is 2.21. The van der Waals surface area contributed by atoms with E-state index in [0.29, 0.717) is 30.2 Å². The molecule has 2 aromatic carbocycles. The Morgan fingerprint density at radius 3 is 2.46 bits per heavy atom. The molecule has 0 aliphatic carbocycles. The molecule has 0 unspecified atom stereocenters. The smallest absolute Gasteiger partial charge is 0.317 e. The zero-order valence-corrected chi connectivity index (χ0v) is 15.1. The van der Waals surface area contributed by atoms with E-state index in [-0.39, 0.29) is 6.03 Å². The second kappa shape index (κ2) is 8.10. The molecule has 0 radical (unpaired) electrons. The van der Waals surface area contributed by atoms with Crippen LogP contribution in [0.5, 0.6) is 0 Å². The lowest BCUT2D eigenvalue weighted by molar-refractivity contribution is 0.1000. The highest BCUT2D eigenvalue weighted by atomic mass is 35.5. The molecule has 26 heavy (non-hydrogen) atoms. The Morgan fingerprint density at radius 1 is 1.04 bits per heavy atom. The number of urea groups is 1. The van der Waals surface area contributed by atoms with Crippen molar-refractivity contribution in [1.29, 1.82) is 0 Å². The molecular formula is C19H21ClN4O2. The largest absolute Gasteiger partial charge is 0.368 e. The van der Waals surface area contributed by atoms with Crippen LogP contribution in [0, 0.1) is 0 Å². The number of piperazine rings is 1. The molecule has 0 aromatic heterocycles. The number of hydrogen-bond donors (Lipinski definition) is 2. The number of benzene rings is 2. The molecule has 2 aromatic rings. The summed E-state index contributed by atoms with van der Waals surface area (Å²) in [4.78, 5) is 27.6. The molecule has 1 saturated heterocycles. The van der Waals surface area contributed by atoms with E-state index in [4.69, 9.17) is 17.3 Å². The fourth-order valence-corrected chi connectivity index (χ4v) is 3.15. The summed E-state index contributed by atoms with van der Waals surface area (Å²) in [6.45, 7) is 3.14. The van der Waals surface area contributed by atoms with E-state index in [1.54, 1.807) is 23.1 Å². The maximum Gasteiger partial charge on any atom is 0.317 e. The third-order valence-electron chi connectivity index (χ3n) is 4.40. The van der Waals surface area contributed by atoms with E-state index in [9.17, 15) is 9.59 Å². The molecule has 3 amide bonds. The van der Waals surface area contributed by atoms with Gasteiger partial charge < -0.3 is 20.9 Å². The molecule has 1 fully saturated rings. The summed E-state index contributed by atoms with van der Waals surface area (Å²) in [5.41, 5.74) is 7.63. The maximum atomic E-state index is 12.4. The van der Waals surface area contributed by atoms with Gasteiger partial charge in [0.25, 0.3) is 0 Å². The van der Waals surface area contributed by atoms with Gasteiger partial charge in [-0.3, -0.25) is 4.79 Å². The van der Waals surface area contributed by atoms with Gasteiger partial charge in [-0.05, 0) is 35.9 Å². The van der Waals surface area contributed by atoms with Crippen molar-refractivity contribution >= 4 is 29.2 Å². The lowest BCUT2D eigenvalue weighted by Crippen LogP contribution is -2.51. The van der Waals surface area contributed by atoms with Crippen molar-refractivity contribution in [2.24, 2.45) is 5.73 Å². The number of carbonyl (C=O) groups is 2. The average molecular weight is 373 g/mol. The van der Waals surface area contributed by atoms with Crippen LogP contribution < -0.4 is 16.0 Å². The molecule has 0 bridgehead atoms. The predicted octanol–water partition coefficient (Wildman–Crippen LogP) is 2.47. The minimum absolute atomic E-state index is 0.111. The summed E-state index contributed by atoms with van der Waals surface area (Å²) in [5.74, 6) is -0.477. The van der Waals surface area contributed by atoms with Crippen molar-refractivity contribution in [2.45, 2.75) is 6.54 Å². The summed E-state index contributed by atoms with van der Waals surface area (Å²) < 4.78 is 0. The molecule has 1 heterocycles. The lowest BCUT2D eigenvalue weighted by atomic mass is 10.1. The van der Waals surface area contributed by atoms with Crippen molar-refractivity contribution in [3.05, 3.63) is 64.7 Å². The first-order valence-corrected chi connectivity index (χ1v) is 8.83. The van der Waals surface area contributed by atoms with Gasteiger partial charge in [-0.2, -0.15) is 0 Å². The molecule has 3 N–H and O–H groups in total. The van der Waals surface area contributed by atoms with Crippen molar-refractivity contribution in [3.8, 4) is 0 Å². The lowest BCUT2D eigenvalue weighted by Gasteiger charge is -2.36. The van der Waals surface area contributed by atoms with Gasteiger partial charge in [0, 0.05) is 49.0 Å². The van der Waals surface area contributed by atoms with Crippen LogP contribution in [0.15, 0.2) is 48.5 Å². The molecule has 0 saturated carbocycles. The van der Waals surface area contributed by atoms with E-state index < -0.39 is 5.91 Å². The van der Waals surface area contributed by atoms with Gasteiger partial charge in [0.05, 0.1) is 0 Å². The standard InChI is InChI=1S/C19H21ClN4O2/c20-16-5-2-6-17(12-16)23-7-9-24(10-8-23)19(26)22-13-14-3-1-4-15(11-14)18(21)25/h1-6,11-12H,7-10,13H2,(H2,21,25)(H,22,26). The number of carbonyl (C=O) groups excluding carboxylic acids is 2. The number of amides is 3. The number of primary amides is 1. The minimum Gasteiger partial charge on any atom is -0.368 e. The number of nitrogens with one attached hydrogen (secondary N) is 1. The summed E-state index contributed by atoms with van der Waals surface area (Å²) >= 11 is 6.04. The predicted molar refractivity (Wildman–Crippen MR) is 102 cm³/mol. The Kier molecular flexibility index (Phi) is 5.63. The van der Waals surface area contributed by atoms with E-state index in [1.807, 2.05) is 30.3 Å². The molecule has 136 valence electrons. The first-order chi connectivity index (χ1) is 12.5. The normalized spacial score (nSPS) is 14.2. The van der Waals surface area contributed by atoms with Crippen LogP contribution >= 0.6 is 11.6 Å². The summed E-state index contributed by atoms with van der Waals surface area (Å²) in [6, 6.07) is 14.6. The molecule has 0 spiro atoms. The molecule has 1 aliphatic heterocycles. The fourth-order valence-electron chi connectivity index (χ4n) is 2.96. The van der Waals surface area contributed by atoms with Crippen LogP contribution in [0.3, 0.4) is 0 Å². The molecular weight excluding hydrogens is 352 g/mol. The summed E-state index contributed by atoms with van der Waals surface area (Å²) in [5, 5.41) is 3.60. The van der Waals surface area contributed by atoms with E-state index in [1.165, 1.54) is 0 Å². The molecule has 1 aliphatic rings. The van der Waals surface area contributed by atoms with Crippen LogP contribution in [-0.4, -0.2) is 43.0 Å². The van der Waals surface area contributed by atoms with Crippen LogP contribution in [0.2, 0.25) is 5.02 Å². The van der Waals surface area contributed by atoms with Gasteiger partial charge in [0.15, 0.2) is 0 Å². The van der Waals surface area contributed by atoms with Crippen molar-refractivity contribution in [2.75, 3.05) is 31.1 Å². The summed E-state index contributed by atoms with van der Waals surface area (Å²) in [6.07, 6.45) is 0. The highest BCUT2D eigenvalue weighted by molar-refractivity contribution is 6.30. The highest BCUT2D eigenvalue weighted by Crippen LogP contribution is 2.20. The number of nitrogens with zero attached hydrogens (tertiary/aromatic N) is 2. The molecule has 6 nitrogen and oxygen atoms in total. The van der Waals surface area contributed by atoms with Crippen molar-refractivity contribution < 1.29 is 9.59 Å². The zero-order valence-electron chi connectivity index (χ0n) is 14.3. The van der Waals surface area contributed by atoms with Gasteiger partial charge in [-0.25, -0.2) is 4.79 Å². The number of hydrogen-bond acceptors (Lipinski definition) is 3. The number of anilines is 1. The number of rotatable bonds is 4. The van der Waals surface area contributed by atoms with Crippen molar-refractivity contribution in [1.82, 2.24) is 10.2 Å². The van der Waals surface area contributed by atoms with Gasteiger partial charge in [-0.15, -0.1) is 0 Å². The van der Waals surface area contributed by atoms with Crippen LogP contribution in [0.1, 0.15) is 15.9 Å². The second-order valence-corrected chi connectivity index (χ2v) is 6.61. The van der Waals surface area contributed by atoms with Gasteiger partial charge in [0.1, 0.15) is 0 Å². The SMILES string of the molecule is NC(=O)c1cccc(CNC(=O)N2CCN(c3cccc(Cl)c3)CC2)c1. The Labute approximate surface area is 157 Å². The molecule has 7 heteroatoms. The van der Waals surface area contributed by atoms with Crippen LogP contribution in [0.4, 0.5) is 10.5 Å². The Hall–Kier alpha value is -2.73. The third kappa shape index (κ3) is 4.46. The Balaban J connectivity index is 1.51. The zero-order chi connectivity index (χ0) is 18.5. The van der Waals surface area contributed by atoms with Gasteiger partial charge in [-0.1, -0.05) is 29.8 Å². The average Bonchev–Trinajstić information content (AvgIpc) is 2.66. The quantitative estimate of drug-likeness (QED) is 0.865. The Morgan fingerprint density at radius 2 is 1.77 bits per heavy atom.